The van der Waals surface area contributed by atoms with Gasteiger partial charge >= 0.3 is 5.97 Å². The maximum absolute atomic E-state index is 14.7. The molecule has 0 saturated carbocycles. The number of imidazole rings is 1. The maximum Gasteiger partial charge on any atom is 0.327 e. The Hall–Kier alpha value is -7.61. The number of hydrogen-bond donors (Lipinski definition) is 13. The minimum absolute atomic E-state index is 0.00210. The Kier molecular flexibility index (Phi) is 23.9. The van der Waals surface area contributed by atoms with Crippen molar-refractivity contribution in [2.24, 2.45) is 16.5 Å². The van der Waals surface area contributed by atoms with Gasteiger partial charge in [0.2, 0.25) is 47.3 Å². The van der Waals surface area contributed by atoms with E-state index in [0.29, 0.717) is 29.7 Å². The molecule has 24 nitrogen and oxygen atoms in total. The van der Waals surface area contributed by atoms with E-state index in [2.05, 4.69) is 62.5 Å². The molecule has 15 N–H and O–H groups in total. The van der Waals surface area contributed by atoms with Crippen LogP contribution in [0.4, 0.5) is 0 Å². The molecule has 0 radical (unpaired) electrons. The van der Waals surface area contributed by atoms with Gasteiger partial charge in [-0.2, -0.15) is 0 Å². The van der Waals surface area contributed by atoms with Gasteiger partial charge in [0.05, 0.1) is 6.33 Å². The molecule has 0 bridgehead atoms. The highest BCUT2D eigenvalue weighted by atomic mass is 33.1. The molecule has 1 aliphatic rings. The molecule has 1 fully saturated rings. The van der Waals surface area contributed by atoms with Crippen molar-refractivity contribution < 1.29 is 48.3 Å². The molecule has 3 heterocycles. The van der Waals surface area contributed by atoms with Gasteiger partial charge < -0.3 is 69.1 Å². The van der Waals surface area contributed by atoms with Crippen molar-refractivity contribution in [3.05, 3.63) is 90.1 Å². The quantitative estimate of drug-likeness (QED) is 0.0285. The van der Waals surface area contributed by atoms with Crippen LogP contribution in [-0.2, 0) is 62.4 Å². The Morgan fingerprint density at radius 3 is 2.13 bits per heavy atom. The van der Waals surface area contributed by atoms with Gasteiger partial charge in [-0.15, -0.1) is 0 Å². The summed E-state index contributed by atoms with van der Waals surface area (Å²) in [5, 5.41) is 32.6. The minimum Gasteiger partial charge on any atom is -0.480 e. The van der Waals surface area contributed by atoms with Crippen LogP contribution in [0, 0.1) is 0 Å². The number of guanidine groups is 1. The molecule has 1 aliphatic heterocycles. The van der Waals surface area contributed by atoms with Crippen molar-refractivity contribution in [3.63, 3.8) is 0 Å². The number of rotatable bonds is 17. The van der Waals surface area contributed by atoms with Crippen molar-refractivity contribution in [1.29, 1.82) is 0 Å². The third-order valence-electron chi connectivity index (χ3n) is 12.1. The molecular weight excluding hydrogens is 1020 g/mol. The van der Waals surface area contributed by atoms with Gasteiger partial charge in [0.1, 0.15) is 42.3 Å². The number of H-pyrrole nitrogens is 2. The van der Waals surface area contributed by atoms with E-state index in [9.17, 15) is 48.3 Å². The summed E-state index contributed by atoms with van der Waals surface area (Å²) < 4.78 is 0. The Bertz CT molecular complexity index is 2630. The summed E-state index contributed by atoms with van der Waals surface area (Å²) in [5.74, 6) is -7.46. The van der Waals surface area contributed by atoms with E-state index in [-0.39, 0.29) is 81.9 Å². The average Bonchev–Trinajstić information content (AvgIpc) is 4.07. The van der Waals surface area contributed by atoms with Gasteiger partial charge in [0.25, 0.3) is 0 Å². The van der Waals surface area contributed by atoms with Crippen LogP contribution in [0.2, 0.25) is 0 Å². The second kappa shape index (κ2) is 30.7. The van der Waals surface area contributed by atoms with Gasteiger partial charge in [-0.25, -0.2) is 9.78 Å². The molecule has 5 rings (SSSR count). The van der Waals surface area contributed by atoms with Gasteiger partial charge in [0, 0.05) is 86.2 Å². The number of hydrogen-bond acceptors (Lipinski definition) is 13. The molecule has 0 spiro atoms. The number of aromatic nitrogens is 3. The van der Waals surface area contributed by atoms with Gasteiger partial charge in [0.15, 0.2) is 5.96 Å². The van der Waals surface area contributed by atoms with Crippen LogP contribution in [0.25, 0.3) is 10.9 Å². The lowest BCUT2D eigenvalue weighted by Gasteiger charge is -2.28. The summed E-state index contributed by atoms with van der Waals surface area (Å²) in [5.41, 5.74) is 13.7. The number of fused-ring (bicyclic) bond motifs is 1. The van der Waals surface area contributed by atoms with E-state index in [1.165, 1.54) is 19.4 Å². The third kappa shape index (κ3) is 19.6. The van der Waals surface area contributed by atoms with Crippen molar-refractivity contribution in [2.45, 2.75) is 120 Å². The molecular formula is C50H68N14O10S2. The van der Waals surface area contributed by atoms with Crippen molar-refractivity contribution >= 4 is 91.7 Å². The molecule has 76 heavy (non-hydrogen) atoms. The summed E-state index contributed by atoms with van der Waals surface area (Å²) in [7, 11) is 2.03. The molecule has 1 saturated heterocycles. The highest BCUT2D eigenvalue weighted by Gasteiger charge is 2.35. The molecule has 0 unspecified atom stereocenters. The van der Waals surface area contributed by atoms with Gasteiger partial charge in [-0.05, 0) is 42.9 Å². The van der Waals surface area contributed by atoms with E-state index in [1.807, 2.05) is 31.2 Å². The number of unbranched alkanes of at least 4 members (excludes halogenated alkanes) is 1. The Morgan fingerprint density at radius 2 is 1.45 bits per heavy atom. The topological polar surface area (TPSA) is 379 Å². The second-order valence-electron chi connectivity index (χ2n) is 18.1. The molecule has 2 aromatic carbocycles. The Labute approximate surface area is 447 Å². The SMILES string of the molecule is CCCC[C@H](NC(C)=O)C(=O)N[C@H]1CSSC[C@@H](C(=O)O)NC(=O)CCCNC(=O)[C@@H](Cc2c[nH]c3ccccc23)NC(=O)[C@H](CCCN=C(N)N)NC(=O)[C@@H](Cc2ccccc2)NC(=O)[C@H](Cc2cnc[nH]2)NC1=O. The first-order valence-corrected chi connectivity index (χ1v) is 27.4. The van der Waals surface area contributed by atoms with Crippen LogP contribution in [0.15, 0.2) is 78.3 Å². The minimum atomic E-state index is -1.43. The standard InChI is InChI=1S/C50H68N14O10S2/c1-3-4-15-35(58-29(2)65)44(68)64-40-26-75-76-27-41(49(73)74)59-42(66)18-11-19-54-43(67)38(22-31-24-56-34-16-9-8-14-33(31)34)62-45(69)36(17-10-20-55-50(51)52)60-46(70)37(21-30-12-6-5-7-13-30)61-47(71)39(63-48(40)72)23-32-25-53-28-57-32/h5-9,12-14,16,24-25,28,35-41,56H,3-4,10-11,15,17-23,26-27H2,1-2H3,(H,53,57)(H,54,67)(H,58,65)(H,59,66)(H,60,70)(H,61,71)(H,62,69)(H,63,72)(H,64,68)(H,73,74)(H4,51,52,55)/t35-,36-,37+,38+,39-,40-,41-/m0/s1. The molecule has 7 atom stereocenters. The van der Waals surface area contributed by atoms with Crippen LogP contribution >= 0.6 is 21.6 Å². The summed E-state index contributed by atoms with van der Waals surface area (Å²) in [6.07, 6.45) is 5.86. The number of nitrogens with two attached hydrogens (primary N) is 2. The number of amides is 8. The molecule has 410 valence electrons. The number of carboxylic acids is 1. The fraction of sp³-hybridized carbons (Fsp3) is 0.460. The monoisotopic (exact) mass is 1090 g/mol. The lowest BCUT2D eigenvalue weighted by Crippen LogP contribution is -2.60. The summed E-state index contributed by atoms with van der Waals surface area (Å²) in [6.45, 7) is 3.20. The molecule has 2 aromatic heterocycles. The van der Waals surface area contributed by atoms with E-state index in [0.717, 1.165) is 32.5 Å². The number of benzene rings is 2. The number of carbonyl (C=O) groups excluding carboxylic acids is 8. The fourth-order valence-corrected chi connectivity index (χ4v) is 10.4. The van der Waals surface area contributed by atoms with Crippen molar-refractivity contribution in [1.82, 2.24) is 57.5 Å². The van der Waals surface area contributed by atoms with Crippen LogP contribution in [0.3, 0.4) is 0 Å². The first kappa shape index (κ1) is 59.3. The average molecular weight is 1090 g/mol. The number of para-hydroxylation sites is 1. The summed E-state index contributed by atoms with van der Waals surface area (Å²) >= 11 is 0. The number of aromatic amines is 2. The molecule has 26 heteroatoms. The first-order valence-electron chi connectivity index (χ1n) is 25.0. The van der Waals surface area contributed by atoms with Gasteiger partial charge in [-0.1, -0.05) is 89.9 Å². The third-order valence-corrected chi connectivity index (χ3v) is 14.5. The zero-order valence-corrected chi connectivity index (χ0v) is 44.0. The predicted octanol–water partition coefficient (Wildman–Crippen LogP) is -0.0478. The number of carbonyl (C=O) groups is 9. The highest BCUT2D eigenvalue weighted by Crippen LogP contribution is 2.24. The predicted molar refractivity (Wildman–Crippen MR) is 288 cm³/mol. The number of aliphatic carboxylic acids is 1. The molecule has 8 amide bonds. The van der Waals surface area contributed by atoms with Crippen LogP contribution in [0.1, 0.15) is 75.6 Å². The van der Waals surface area contributed by atoms with Crippen LogP contribution in [-0.4, -0.2) is 146 Å². The van der Waals surface area contributed by atoms with Crippen LogP contribution in [0.5, 0.6) is 0 Å². The van der Waals surface area contributed by atoms with Crippen molar-refractivity contribution in [2.75, 3.05) is 24.6 Å². The fourth-order valence-electron chi connectivity index (χ4n) is 8.11. The zero-order chi connectivity index (χ0) is 55.0. The van der Waals surface area contributed by atoms with E-state index >= 15 is 0 Å². The van der Waals surface area contributed by atoms with Gasteiger partial charge in [-0.3, -0.25) is 43.3 Å². The zero-order valence-electron chi connectivity index (χ0n) is 42.4. The number of nitrogens with zero attached hydrogens (tertiary/aromatic N) is 2. The summed E-state index contributed by atoms with van der Waals surface area (Å²) in [4.78, 5) is 138. The van der Waals surface area contributed by atoms with E-state index in [4.69, 9.17) is 11.5 Å². The maximum atomic E-state index is 14.7. The Balaban J connectivity index is 1.53. The highest BCUT2D eigenvalue weighted by molar-refractivity contribution is 8.76. The lowest BCUT2D eigenvalue weighted by molar-refractivity contribution is -0.141. The largest absolute Gasteiger partial charge is 0.480 e. The summed E-state index contributed by atoms with van der Waals surface area (Å²) in [6, 6.07) is 7.04. The number of nitrogens with one attached hydrogen (secondary N) is 10. The molecule has 4 aromatic rings. The molecule has 0 aliphatic carbocycles. The second-order valence-corrected chi connectivity index (χ2v) is 20.7. The van der Waals surface area contributed by atoms with E-state index < -0.39 is 95.5 Å². The van der Waals surface area contributed by atoms with Crippen LogP contribution < -0.4 is 54.0 Å². The normalized spacial score (nSPS) is 21.4. The first-order chi connectivity index (χ1) is 36.5. The number of aliphatic imine (C=N–C) groups is 1. The van der Waals surface area contributed by atoms with Crippen molar-refractivity contribution in [3.8, 4) is 0 Å². The smallest absolute Gasteiger partial charge is 0.327 e. The number of carboxylic acid groups (broad SMARTS) is 1. The lowest BCUT2D eigenvalue weighted by atomic mass is 10.0. The Morgan fingerprint density at radius 1 is 0.789 bits per heavy atom. The van der Waals surface area contributed by atoms with E-state index in [1.54, 1.807) is 36.5 Å².